The number of rotatable bonds is 7. The Morgan fingerprint density at radius 1 is 0.684 bits per heavy atom. The third-order valence-corrected chi connectivity index (χ3v) is 6.58. The van der Waals surface area contributed by atoms with Crippen molar-refractivity contribution < 1.29 is 19.2 Å². The van der Waals surface area contributed by atoms with Crippen LogP contribution >= 0.6 is 23.2 Å². The molecule has 2 N–H and O–H groups in total. The van der Waals surface area contributed by atoms with Gasteiger partial charge in [-0.3, -0.25) is 29.8 Å². The summed E-state index contributed by atoms with van der Waals surface area (Å²) in [5.74, 6) is -2.33. The van der Waals surface area contributed by atoms with Gasteiger partial charge in [-0.25, -0.2) is 0 Å². The third kappa shape index (κ3) is 6.09. The first-order valence-electron chi connectivity index (χ1n) is 11.6. The summed E-state index contributed by atoms with van der Waals surface area (Å²) in [7, 11) is 0. The Kier molecular flexibility index (Phi) is 8.23. The lowest BCUT2D eigenvalue weighted by Gasteiger charge is -2.24. The van der Waals surface area contributed by atoms with Crippen LogP contribution in [-0.4, -0.2) is 35.7 Å². The highest BCUT2D eigenvalue weighted by atomic mass is 35.5. The predicted octanol–water partition coefficient (Wildman–Crippen LogP) is 5.32. The minimum absolute atomic E-state index is 0.126. The number of benzene rings is 2. The number of carbonyl (C=O) groups is 4. The molecule has 0 saturated heterocycles. The van der Waals surface area contributed by atoms with Gasteiger partial charge in [-0.2, -0.15) is 20.5 Å². The quantitative estimate of drug-likeness (QED) is 0.353. The second-order valence-corrected chi connectivity index (χ2v) is 9.53. The molecule has 194 valence electrons. The topological polar surface area (TPSA) is 142 Å². The molecule has 2 aromatic carbocycles. The van der Waals surface area contributed by atoms with Gasteiger partial charge in [0.15, 0.2) is 12.1 Å². The van der Waals surface area contributed by atoms with Gasteiger partial charge in [-0.1, -0.05) is 35.3 Å². The number of azo groups is 2. The molecular formula is C26H22Cl2N6O4. The highest BCUT2D eigenvalue weighted by molar-refractivity contribution is 6.31. The van der Waals surface area contributed by atoms with E-state index in [1.54, 1.807) is 62.4 Å². The molecule has 2 atom stereocenters. The van der Waals surface area contributed by atoms with Crippen LogP contribution < -0.4 is 10.6 Å². The second kappa shape index (κ2) is 11.6. The van der Waals surface area contributed by atoms with Crippen molar-refractivity contribution in [2.45, 2.75) is 38.8 Å². The van der Waals surface area contributed by atoms with Crippen LogP contribution in [0.3, 0.4) is 0 Å². The van der Waals surface area contributed by atoms with Crippen LogP contribution in [0.5, 0.6) is 0 Å². The van der Waals surface area contributed by atoms with E-state index in [9.17, 15) is 19.2 Å². The zero-order valence-electron chi connectivity index (χ0n) is 20.4. The average molecular weight is 553 g/mol. The summed E-state index contributed by atoms with van der Waals surface area (Å²) in [5.41, 5.74) is 2.38. The van der Waals surface area contributed by atoms with E-state index in [0.717, 1.165) is 0 Å². The summed E-state index contributed by atoms with van der Waals surface area (Å²) in [6, 6.07) is 11.3. The smallest absolute Gasteiger partial charge is 0.257 e. The SMILES string of the molecule is CC1=C(CCC2=C(C)C(N=Nc3cccc(Cl)c3)C(=O)NC2=O)C(=O)NC(=O)C1N=Nc1cccc(Cl)c1. The van der Waals surface area contributed by atoms with Gasteiger partial charge in [-0.05, 0) is 74.2 Å². The Balaban J connectivity index is 1.56. The number of nitrogens with zero attached hydrogens (tertiary/aromatic N) is 4. The molecular weight excluding hydrogens is 531 g/mol. The van der Waals surface area contributed by atoms with Crippen LogP contribution in [0.1, 0.15) is 26.7 Å². The van der Waals surface area contributed by atoms with Gasteiger partial charge < -0.3 is 0 Å². The van der Waals surface area contributed by atoms with E-state index in [1.807, 2.05) is 0 Å². The summed E-state index contributed by atoms with van der Waals surface area (Å²) >= 11 is 11.9. The number of imide groups is 2. The maximum Gasteiger partial charge on any atom is 0.257 e. The summed E-state index contributed by atoms with van der Waals surface area (Å²) < 4.78 is 0. The first-order chi connectivity index (χ1) is 18.1. The predicted molar refractivity (Wildman–Crippen MR) is 140 cm³/mol. The first kappa shape index (κ1) is 27.0. The van der Waals surface area contributed by atoms with Crippen molar-refractivity contribution in [3.63, 3.8) is 0 Å². The minimum Gasteiger partial charge on any atom is -0.290 e. The van der Waals surface area contributed by atoms with Crippen molar-refractivity contribution in [1.29, 1.82) is 0 Å². The van der Waals surface area contributed by atoms with Crippen molar-refractivity contribution in [3.05, 3.63) is 80.9 Å². The lowest BCUT2D eigenvalue weighted by Crippen LogP contribution is -2.45. The first-order valence-corrected chi connectivity index (χ1v) is 12.3. The molecule has 0 aromatic heterocycles. The zero-order chi connectivity index (χ0) is 27.4. The largest absolute Gasteiger partial charge is 0.290 e. The van der Waals surface area contributed by atoms with Gasteiger partial charge in [0, 0.05) is 21.2 Å². The molecule has 2 unspecified atom stereocenters. The van der Waals surface area contributed by atoms with Crippen LogP contribution in [0, 0.1) is 0 Å². The molecule has 0 aliphatic carbocycles. The Morgan fingerprint density at radius 2 is 1.08 bits per heavy atom. The summed E-state index contributed by atoms with van der Waals surface area (Å²) in [4.78, 5) is 50.2. The molecule has 12 heteroatoms. The highest BCUT2D eigenvalue weighted by Crippen LogP contribution is 2.29. The maximum atomic E-state index is 12.6. The molecule has 0 spiro atoms. The molecule has 2 heterocycles. The molecule has 4 rings (SSSR count). The summed E-state index contributed by atoms with van der Waals surface area (Å²) in [6.45, 7) is 3.25. The zero-order valence-corrected chi connectivity index (χ0v) is 21.9. The molecule has 0 fully saturated rings. The number of nitrogens with one attached hydrogen (secondary N) is 2. The van der Waals surface area contributed by atoms with Crippen LogP contribution in [-0.2, 0) is 19.2 Å². The number of halogens is 2. The molecule has 38 heavy (non-hydrogen) atoms. The van der Waals surface area contributed by atoms with E-state index >= 15 is 0 Å². The maximum absolute atomic E-state index is 12.6. The Morgan fingerprint density at radius 3 is 1.45 bits per heavy atom. The highest BCUT2D eigenvalue weighted by Gasteiger charge is 2.35. The molecule has 2 aliphatic rings. The molecule has 0 radical (unpaired) electrons. The number of amides is 4. The van der Waals surface area contributed by atoms with Crippen molar-refractivity contribution >= 4 is 58.2 Å². The lowest BCUT2D eigenvalue weighted by molar-refractivity contribution is -0.131. The summed E-state index contributed by atoms with van der Waals surface area (Å²) in [5, 5.41) is 21.9. The minimum atomic E-state index is -1.02. The normalized spacial score (nSPS) is 20.5. The van der Waals surface area contributed by atoms with Crippen molar-refractivity contribution in [2.75, 3.05) is 0 Å². The van der Waals surface area contributed by atoms with Crippen LogP contribution in [0.25, 0.3) is 0 Å². The van der Waals surface area contributed by atoms with E-state index < -0.39 is 35.7 Å². The van der Waals surface area contributed by atoms with Gasteiger partial charge in [0.25, 0.3) is 23.6 Å². The molecule has 4 amide bonds. The molecule has 10 nitrogen and oxygen atoms in total. The van der Waals surface area contributed by atoms with E-state index in [4.69, 9.17) is 23.2 Å². The van der Waals surface area contributed by atoms with Gasteiger partial charge >= 0.3 is 0 Å². The van der Waals surface area contributed by atoms with E-state index in [0.29, 0.717) is 43.7 Å². The van der Waals surface area contributed by atoms with Gasteiger partial charge in [0.05, 0.1) is 11.4 Å². The Labute approximate surface area is 227 Å². The number of hydrogen-bond donors (Lipinski definition) is 2. The van der Waals surface area contributed by atoms with E-state index in [2.05, 4.69) is 31.1 Å². The van der Waals surface area contributed by atoms with Gasteiger partial charge in [0.2, 0.25) is 0 Å². The van der Waals surface area contributed by atoms with Crippen LogP contribution in [0.15, 0.2) is 91.3 Å². The fourth-order valence-corrected chi connectivity index (χ4v) is 4.44. The third-order valence-electron chi connectivity index (χ3n) is 6.11. The number of hydrogen-bond acceptors (Lipinski definition) is 8. The van der Waals surface area contributed by atoms with Crippen molar-refractivity contribution in [3.8, 4) is 0 Å². The fourth-order valence-electron chi connectivity index (χ4n) is 4.07. The average Bonchev–Trinajstić information content (AvgIpc) is 2.85. The Hall–Kier alpha value is -4.02. The summed E-state index contributed by atoms with van der Waals surface area (Å²) in [6.07, 6.45) is 0.251. The van der Waals surface area contributed by atoms with Crippen LogP contribution in [0.2, 0.25) is 10.0 Å². The van der Waals surface area contributed by atoms with Gasteiger partial charge in [0.1, 0.15) is 0 Å². The van der Waals surface area contributed by atoms with Crippen LogP contribution in [0.4, 0.5) is 11.4 Å². The second-order valence-electron chi connectivity index (χ2n) is 8.66. The lowest BCUT2D eigenvalue weighted by atomic mass is 9.89. The monoisotopic (exact) mass is 552 g/mol. The van der Waals surface area contributed by atoms with E-state index in [-0.39, 0.29) is 12.8 Å². The molecule has 2 aromatic rings. The molecule has 0 bridgehead atoms. The Bertz CT molecular complexity index is 1350. The van der Waals surface area contributed by atoms with E-state index in [1.165, 1.54) is 0 Å². The standard InChI is InChI=1S/C26H22Cl2N6O4/c1-13-19(23(35)29-25(37)21(13)33-31-17-7-3-5-15(27)11-17)9-10-20-14(2)22(26(38)30-24(20)36)34-32-18-8-4-6-16(28)12-18/h3-8,11-12,21-22H,9-10H2,1-2H3,(H,29,35,37)(H,30,36,38). The molecule has 0 saturated carbocycles. The van der Waals surface area contributed by atoms with Crippen molar-refractivity contribution in [2.24, 2.45) is 20.5 Å². The van der Waals surface area contributed by atoms with Crippen molar-refractivity contribution in [1.82, 2.24) is 10.6 Å². The van der Waals surface area contributed by atoms with Gasteiger partial charge in [-0.15, -0.1) is 0 Å². The molecule has 2 aliphatic heterocycles. The fraction of sp³-hybridized carbons (Fsp3) is 0.231. The number of carbonyl (C=O) groups excluding carboxylic acids is 4.